The molecule has 1 aromatic heterocycles. The lowest BCUT2D eigenvalue weighted by Crippen LogP contribution is -2.35. The van der Waals surface area contributed by atoms with Crippen molar-refractivity contribution >= 4 is 0 Å². The van der Waals surface area contributed by atoms with Crippen LogP contribution in [0.4, 0.5) is 0 Å². The molecule has 1 N–H and O–H groups in total. The molecular weight excluding hydrogens is 282 g/mol. The third kappa shape index (κ3) is 4.10. The minimum atomic E-state index is -0.528. The van der Waals surface area contributed by atoms with Gasteiger partial charge in [0.2, 0.25) is 0 Å². The highest BCUT2D eigenvalue weighted by molar-refractivity contribution is 5.33. The van der Waals surface area contributed by atoms with Crippen LogP contribution in [-0.4, -0.2) is 42.4 Å². The Hall–Kier alpha value is -1.82. The van der Waals surface area contributed by atoms with Crippen LogP contribution in [0.15, 0.2) is 47.1 Å². The molecular formula is C17H21NO4. The van der Waals surface area contributed by atoms with E-state index in [0.29, 0.717) is 26.4 Å². The summed E-state index contributed by atoms with van der Waals surface area (Å²) < 4.78 is 16.4. The predicted octanol–water partition coefficient (Wildman–Crippen LogP) is 2.05. The zero-order chi connectivity index (χ0) is 15.2. The molecule has 1 atom stereocenters. The van der Waals surface area contributed by atoms with Crippen LogP contribution < -0.4 is 4.74 Å². The Morgan fingerprint density at radius 3 is 3.00 bits per heavy atom. The highest BCUT2D eigenvalue weighted by Gasteiger charge is 2.17. The van der Waals surface area contributed by atoms with E-state index in [2.05, 4.69) is 11.0 Å². The fourth-order valence-electron chi connectivity index (χ4n) is 2.58. The van der Waals surface area contributed by atoms with Crippen molar-refractivity contribution in [3.8, 4) is 5.75 Å². The molecule has 1 aliphatic rings. The second-order valence-corrected chi connectivity index (χ2v) is 5.44. The molecule has 2 heterocycles. The van der Waals surface area contributed by atoms with Gasteiger partial charge in [0.15, 0.2) is 0 Å². The van der Waals surface area contributed by atoms with E-state index in [-0.39, 0.29) is 0 Å². The van der Waals surface area contributed by atoms with Gasteiger partial charge in [-0.25, -0.2) is 0 Å². The largest absolute Gasteiger partial charge is 0.492 e. The predicted molar refractivity (Wildman–Crippen MR) is 81.6 cm³/mol. The van der Waals surface area contributed by atoms with E-state index in [1.165, 1.54) is 0 Å². The SMILES string of the molecule is O[C@@H](COCc1ccco1)CN1CCOc2ccccc2C1. The van der Waals surface area contributed by atoms with E-state index in [1.54, 1.807) is 6.26 Å². The number of fused-ring (bicyclic) bond motifs is 1. The number of rotatable bonds is 6. The molecule has 2 aromatic rings. The van der Waals surface area contributed by atoms with Crippen LogP contribution in [-0.2, 0) is 17.9 Å². The van der Waals surface area contributed by atoms with Crippen LogP contribution in [0.25, 0.3) is 0 Å². The van der Waals surface area contributed by atoms with Crippen molar-refractivity contribution in [1.29, 1.82) is 0 Å². The van der Waals surface area contributed by atoms with Crippen LogP contribution in [0.1, 0.15) is 11.3 Å². The smallest absolute Gasteiger partial charge is 0.129 e. The topological polar surface area (TPSA) is 55.1 Å². The number of benzene rings is 1. The Labute approximate surface area is 130 Å². The lowest BCUT2D eigenvalue weighted by Gasteiger charge is -2.22. The first-order chi connectivity index (χ1) is 10.8. The summed E-state index contributed by atoms with van der Waals surface area (Å²) in [4.78, 5) is 2.19. The summed E-state index contributed by atoms with van der Waals surface area (Å²) in [5.74, 6) is 1.71. The molecule has 0 radical (unpaired) electrons. The van der Waals surface area contributed by atoms with Crippen LogP contribution in [0, 0.1) is 0 Å². The second-order valence-electron chi connectivity index (χ2n) is 5.44. The fourth-order valence-corrected chi connectivity index (χ4v) is 2.58. The lowest BCUT2D eigenvalue weighted by molar-refractivity contribution is 0.00338. The van der Waals surface area contributed by atoms with Gasteiger partial charge in [0.05, 0.1) is 19.0 Å². The van der Waals surface area contributed by atoms with Gasteiger partial charge in [-0.2, -0.15) is 0 Å². The zero-order valence-electron chi connectivity index (χ0n) is 12.5. The lowest BCUT2D eigenvalue weighted by atomic mass is 10.2. The number of ether oxygens (including phenoxy) is 2. The first-order valence-corrected chi connectivity index (χ1v) is 7.52. The molecule has 118 valence electrons. The highest BCUT2D eigenvalue weighted by atomic mass is 16.5. The standard InChI is InChI=1S/C17H21NO4/c19-15(12-20-13-16-5-3-8-21-16)11-18-7-9-22-17-6-2-1-4-14(17)10-18/h1-6,8,15,19H,7,9-13H2/t15-/m1/s1. The summed E-state index contributed by atoms with van der Waals surface area (Å²) in [7, 11) is 0. The number of hydrogen-bond donors (Lipinski definition) is 1. The van der Waals surface area contributed by atoms with Gasteiger partial charge in [0.25, 0.3) is 0 Å². The van der Waals surface area contributed by atoms with Gasteiger partial charge in [-0.15, -0.1) is 0 Å². The van der Waals surface area contributed by atoms with Crippen molar-refractivity contribution in [3.63, 3.8) is 0 Å². The minimum Gasteiger partial charge on any atom is -0.492 e. The van der Waals surface area contributed by atoms with E-state index in [0.717, 1.165) is 30.2 Å². The molecule has 0 spiro atoms. The average molecular weight is 303 g/mol. The average Bonchev–Trinajstić information content (AvgIpc) is 2.94. The molecule has 0 amide bonds. The molecule has 1 aromatic carbocycles. The van der Waals surface area contributed by atoms with Crippen molar-refractivity contribution in [1.82, 2.24) is 4.90 Å². The molecule has 5 heteroatoms. The van der Waals surface area contributed by atoms with E-state index in [4.69, 9.17) is 13.9 Å². The number of hydrogen-bond acceptors (Lipinski definition) is 5. The van der Waals surface area contributed by atoms with Crippen LogP contribution >= 0.6 is 0 Å². The first-order valence-electron chi connectivity index (χ1n) is 7.52. The molecule has 0 fully saturated rings. The molecule has 0 bridgehead atoms. The van der Waals surface area contributed by atoms with Gasteiger partial charge >= 0.3 is 0 Å². The van der Waals surface area contributed by atoms with Crippen LogP contribution in [0.2, 0.25) is 0 Å². The Bertz CT molecular complexity index is 570. The van der Waals surface area contributed by atoms with Gasteiger partial charge in [-0.05, 0) is 18.2 Å². The monoisotopic (exact) mass is 303 g/mol. The maximum atomic E-state index is 10.1. The molecule has 1 aliphatic heterocycles. The number of nitrogens with zero attached hydrogens (tertiary/aromatic N) is 1. The van der Waals surface area contributed by atoms with Crippen molar-refractivity contribution in [2.75, 3.05) is 26.3 Å². The van der Waals surface area contributed by atoms with E-state index in [9.17, 15) is 5.11 Å². The summed E-state index contributed by atoms with van der Waals surface area (Å²) in [6, 6.07) is 11.7. The summed E-state index contributed by atoms with van der Waals surface area (Å²) >= 11 is 0. The van der Waals surface area contributed by atoms with Gasteiger partial charge in [-0.1, -0.05) is 18.2 Å². The Balaban J connectivity index is 1.46. The second kappa shape index (κ2) is 7.45. The molecule has 0 unspecified atom stereocenters. The van der Waals surface area contributed by atoms with E-state index < -0.39 is 6.10 Å². The summed E-state index contributed by atoms with van der Waals surface area (Å²) in [6.07, 6.45) is 1.09. The van der Waals surface area contributed by atoms with Gasteiger partial charge in [0.1, 0.15) is 24.7 Å². The molecule has 3 rings (SSSR count). The normalized spacial score (nSPS) is 16.6. The van der Waals surface area contributed by atoms with Crippen molar-refractivity contribution in [2.45, 2.75) is 19.3 Å². The Morgan fingerprint density at radius 1 is 1.23 bits per heavy atom. The molecule has 0 saturated carbocycles. The van der Waals surface area contributed by atoms with Crippen LogP contribution in [0.5, 0.6) is 5.75 Å². The number of furan rings is 1. The maximum absolute atomic E-state index is 10.1. The van der Waals surface area contributed by atoms with Gasteiger partial charge < -0.3 is 19.0 Å². The maximum Gasteiger partial charge on any atom is 0.129 e. The quantitative estimate of drug-likeness (QED) is 0.885. The molecule has 5 nitrogen and oxygen atoms in total. The van der Waals surface area contributed by atoms with Gasteiger partial charge in [0, 0.05) is 25.2 Å². The Kier molecular flexibility index (Phi) is 5.11. The number of para-hydroxylation sites is 1. The number of aliphatic hydroxyl groups excluding tert-OH is 1. The number of aliphatic hydroxyl groups is 1. The molecule has 0 saturated heterocycles. The van der Waals surface area contributed by atoms with Crippen molar-refractivity contribution in [2.24, 2.45) is 0 Å². The summed E-state index contributed by atoms with van der Waals surface area (Å²) in [6.45, 7) is 3.46. The first kappa shape index (κ1) is 15.1. The molecule has 22 heavy (non-hydrogen) atoms. The van der Waals surface area contributed by atoms with E-state index >= 15 is 0 Å². The van der Waals surface area contributed by atoms with Crippen molar-refractivity contribution in [3.05, 3.63) is 54.0 Å². The van der Waals surface area contributed by atoms with E-state index in [1.807, 2.05) is 30.3 Å². The zero-order valence-corrected chi connectivity index (χ0v) is 12.5. The molecule has 0 aliphatic carbocycles. The third-order valence-electron chi connectivity index (χ3n) is 3.64. The number of β-amino-alcohol motifs (C(OH)–C–C–N with tert-alkyl or cyclic N) is 1. The van der Waals surface area contributed by atoms with Crippen molar-refractivity contribution < 1.29 is 19.0 Å². The minimum absolute atomic E-state index is 0.291. The summed E-state index contributed by atoms with van der Waals surface area (Å²) in [5, 5.41) is 10.1. The third-order valence-corrected chi connectivity index (χ3v) is 3.64. The Morgan fingerprint density at radius 2 is 2.14 bits per heavy atom. The van der Waals surface area contributed by atoms with Crippen LogP contribution in [0.3, 0.4) is 0 Å². The van der Waals surface area contributed by atoms with Gasteiger partial charge in [-0.3, -0.25) is 4.90 Å². The fraction of sp³-hybridized carbons (Fsp3) is 0.412. The summed E-state index contributed by atoms with van der Waals surface area (Å²) in [5.41, 5.74) is 1.16. The highest BCUT2D eigenvalue weighted by Crippen LogP contribution is 2.22.